The third kappa shape index (κ3) is 5.18. The summed E-state index contributed by atoms with van der Waals surface area (Å²) >= 11 is 0. The second-order valence-electron chi connectivity index (χ2n) is 5.28. The smallest absolute Gasteiger partial charge is 0.249 e. The van der Waals surface area contributed by atoms with E-state index in [9.17, 15) is 4.79 Å². The van der Waals surface area contributed by atoms with Gasteiger partial charge in [0.1, 0.15) is 0 Å². The van der Waals surface area contributed by atoms with Crippen molar-refractivity contribution >= 4 is 11.9 Å². The highest BCUT2D eigenvalue weighted by Gasteiger charge is 2.10. The number of hydrogen-bond acceptors (Lipinski definition) is 5. The zero-order valence-electron chi connectivity index (χ0n) is 11.7. The van der Waals surface area contributed by atoms with Gasteiger partial charge in [-0.15, -0.1) is 5.10 Å². The average molecular weight is 251 g/mol. The Morgan fingerprint density at radius 1 is 1.17 bits per heavy atom. The molecule has 6 nitrogen and oxygen atoms in total. The van der Waals surface area contributed by atoms with E-state index >= 15 is 0 Å². The number of amides is 1. The van der Waals surface area contributed by atoms with Crippen molar-refractivity contribution in [2.45, 2.75) is 46.6 Å². The summed E-state index contributed by atoms with van der Waals surface area (Å²) in [6.45, 7) is 10.5. The Morgan fingerprint density at radius 3 is 2.39 bits per heavy atom. The quantitative estimate of drug-likeness (QED) is 0.840. The molecule has 1 amide bonds. The van der Waals surface area contributed by atoms with E-state index in [0.717, 1.165) is 11.4 Å². The Morgan fingerprint density at radius 2 is 1.83 bits per heavy atom. The summed E-state index contributed by atoms with van der Waals surface area (Å²) < 4.78 is 0. The molecular formula is C12H21N5O. The van der Waals surface area contributed by atoms with Gasteiger partial charge >= 0.3 is 0 Å². The van der Waals surface area contributed by atoms with E-state index in [2.05, 4.69) is 46.6 Å². The van der Waals surface area contributed by atoms with Gasteiger partial charge in [-0.1, -0.05) is 0 Å². The molecule has 0 radical (unpaired) electrons. The molecule has 6 heteroatoms. The first kappa shape index (κ1) is 14.5. The van der Waals surface area contributed by atoms with Gasteiger partial charge < -0.3 is 5.32 Å². The van der Waals surface area contributed by atoms with Gasteiger partial charge in [-0.05, 0) is 34.6 Å². The van der Waals surface area contributed by atoms with Crippen LogP contribution in [0.5, 0.6) is 0 Å². The number of aromatic nitrogens is 3. The first-order chi connectivity index (χ1) is 8.28. The third-order valence-corrected chi connectivity index (χ3v) is 2.35. The molecule has 0 aliphatic rings. The van der Waals surface area contributed by atoms with Crippen LogP contribution in [-0.2, 0) is 4.79 Å². The maximum Gasteiger partial charge on any atom is 0.249 e. The van der Waals surface area contributed by atoms with Crippen LogP contribution >= 0.6 is 0 Å². The first-order valence-corrected chi connectivity index (χ1v) is 6.01. The minimum Gasteiger partial charge on any atom is -0.312 e. The van der Waals surface area contributed by atoms with E-state index < -0.39 is 0 Å². The average Bonchev–Trinajstić information content (AvgIpc) is 2.21. The lowest BCUT2D eigenvalue weighted by molar-refractivity contribution is -0.116. The Balaban J connectivity index is 2.42. The number of carbonyl (C=O) groups is 1. The maximum atomic E-state index is 11.6. The summed E-state index contributed by atoms with van der Waals surface area (Å²) in [6.07, 6.45) is 0.382. The van der Waals surface area contributed by atoms with Crippen molar-refractivity contribution in [2.75, 3.05) is 11.9 Å². The van der Waals surface area contributed by atoms with E-state index in [4.69, 9.17) is 0 Å². The van der Waals surface area contributed by atoms with E-state index in [1.165, 1.54) is 0 Å². The lowest BCUT2D eigenvalue weighted by atomic mass is 10.1. The van der Waals surface area contributed by atoms with Crippen LogP contribution in [0.4, 0.5) is 5.95 Å². The van der Waals surface area contributed by atoms with Gasteiger partial charge in [-0.3, -0.25) is 10.1 Å². The molecule has 0 saturated carbocycles. The van der Waals surface area contributed by atoms with Gasteiger partial charge in [0.2, 0.25) is 11.9 Å². The molecular weight excluding hydrogens is 230 g/mol. The number of hydrogen-bond donors (Lipinski definition) is 2. The number of carbonyl (C=O) groups excluding carboxylic acids is 1. The molecule has 1 heterocycles. The van der Waals surface area contributed by atoms with Crippen molar-refractivity contribution in [3.8, 4) is 0 Å². The van der Waals surface area contributed by atoms with Crippen molar-refractivity contribution < 1.29 is 4.79 Å². The van der Waals surface area contributed by atoms with Gasteiger partial charge in [0.05, 0.1) is 11.4 Å². The molecule has 0 aliphatic carbocycles. The monoisotopic (exact) mass is 251 g/mol. The van der Waals surface area contributed by atoms with Crippen molar-refractivity contribution in [3.05, 3.63) is 11.4 Å². The van der Waals surface area contributed by atoms with Crippen LogP contribution in [0.15, 0.2) is 0 Å². The predicted octanol–water partition coefficient (Wildman–Crippen LogP) is 1.21. The largest absolute Gasteiger partial charge is 0.312 e. The topological polar surface area (TPSA) is 79.8 Å². The molecule has 1 aromatic rings. The van der Waals surface area contributed by atoms with Gasteiger partial charge in [0, 0.05) is 18.5 Å². The van der Waals surface area contributed by atoms with E-state index in [1.807, 2.05) is 13.8 Å². The summed E-state index contributed by atoms with van der Waals surface area (Å²) in [7, 11) is 0. The summed E-state index contributed by atoms with van der Waals surface area (Å²) in [6, 6.07) is 0. The molecule has 0 saturated heterocycles. The second kappa shape index (κ2) is 5.86. The minimum atomic E-state index is -0.114. The molecule has 0 aromatic carbocycles. The fourth-order valence-corrected chi connectivity index (χ4v) is 1.25. The molecule has 100 valence electrons. The lowest BCUT2D eigenvalue weighted by Gasteiger charge is -2.20. The van der Waals surface area contributed by atoms with Crippen molar-refractivity contribution in [2.24, 2.45) is 0 Å². The zero-order valence-corrected chi connectivity index (χ0v) is 11.7. The van der Waals surface area contributed by atoms with Crippen molar-refractivity contribution in [3.63, 3.8) is 0 Å². The molecule has 1 aromatic heterocycles. The Hall–Kier alpha value is -1.56. The molecule has 2 N–H and O–H groups in total. The maximum absolute atomic E-state index is 11.6. The van der Waals surface area contributed by atoms with Crippen LogP contribution in [-0.4, -0.2) is 33.2 Å². The number of rotatable bonds is 4. The predicted molar refractivity (Wildman–Crippen MR) is 70.3 cm³/mol. The number of nitrogens with zero attached hydrogens (tertiary/aromatic N) is 3. The molecule has 0 fully saturated rings. The second-order valence-corrected chi connectivity index (χ2v) is 5.28. The van der Waals surface area contributed by atoms with E-state index in [1.54, 1.807) is 0 Å². The van der Waals surface area contributed by atoms with Gasteiger partial charge in [0.25, 0.3) is 0 Å². The zero-order chi connectivity index (χ0) is 13.8. The Labute approximate surface area is 108 Å². The minimum absolute atomic E-state index is 0.0127. The van der Waals surface area contributed by atoms with Gasteiger partial charge in [0.15, 0.2) is 0 Å². The van der Waals surface area contributed by atoms with E-state index in [0.29, 0.717) is 13.0 Å². The van der Waals surface area contributed by atoms with Gasteiger partial charge in [-0.2, -0.15) is 5.10 Å². The van der Waals surface area contributed by atoms with Crippen LogP contribution in [0.25, 0.3) is 0 Å². The summed E-state index contributed by atoms with van der Waals surface area (Å²) in [5.41, 5.74) is 1.55. The van der Waals surface area contributed by atoms with Crippen LogP contribution in [0, 0.1) is 13.8 Å². The SMILES string of the molecule is Cc1nnc(NC(=O)CCNC(C)(C)C)nc1C. The van der Waals surface area contributed by atoms with E-state index in [-0.39, 0.29) is 17.4 Å². The highest BCUT2D eigenvalue weighted by Crippen LogP contribution is 2.03. The Bertz CT molecular complexity index is 425. The Kier molecular flexibility index (Phi) is 4.72. The molecule has 0 atom stereocenters. The molecule has 0 bridgehead atoms. The number of aryl methyl sites for hydroxylation is 2. The molecule has 0 spiro atoms. The standard InChI is InChI=1S/C12H21N5O/c1-8-9(2)16-17-11(14-8)15-10(18)6-7-13-12(3,4)5/h13H,6-7H2,1-5H3,(H,14,15,17,18). The molecule has 0 aliphatic heterocycles. The molecule has 1 rings (SSSR count). The van der Waals surface area contributed by atoms with Gasteiger partial charge in [-0.25, -0.2) is 4.98 Å². The van der Waals surface area contributed by atoms with Crippen molar-refractivity contribution in [1.82, 2.24) is 20.5 Å². The number of nitrogens with one attached hydrogen (secondary N) is 2. The van der Waals surface area contributed by atoms with Crippen LogP contribution in [0.2, 0.25) is 0 Å². The summed E-state index contributed by atoms with van der Waals surface area (Å²) in [5, 5.41) is 13.6. The summed E-state index contributed by atoms with van der Waals surface area (Å²) in [5.74, 6) is 0.149. The lowest BCUT2D eigenvalue weighted by Crippen LogP contribution is -2.37. The fourth-order valence-electron chi connectivity index (χ4n) is 1.25. The number of anilines is 1. The molecule has 0 unspecified atom stereocenters. The highest BCUT2D eigenvalue weighted by atomic mass is 16.1. The van der Waals surface area contributed by atoms with Crippen LogP contribution in [0.3, 0.4) is 0 Å². The fraction of sp³-hybridized carbons (Fsp3) is 0.667. The molecule has 18 heavy (non-hydrogen) atoms. The highest BCUT2D eigenvalue weighted by molar-refractivity contribution is 5.88. The normalized spacial score (nSPS) is 11.4. The first-order valence-electron chi connectivity index (χ1n) is 6.01. The van der Waals surface area contributed by atoms with Crippen molar-refractivity contribution in [1.29, 1.82) is 0 Å². The summed E-state index contributed by atoms with van der Waals surface area (Å²) in [4.78, 5) is 15.8. The third-order valence-electron chi connectivity index (χ3n) is 2.35. The van der Waals surface area contributed by atoms with Crippen LogP contribution < -0.4 is 10.6 Å². The van der Waals surface area contributed by atoms with Crippen LogP contribution in [0.1, 0.15) is 38.6 Å².